The standard InChI is InChI=1S/C16H18N2OS/c1-10-12(9-20-18-10)15(19)17-14-8-16(2,3)13-7-5-4-6-11(13)14/h4-7,9,14H,8H2,1-3H3,(H,17,19). The Morgan fingerprint density at radius 2 is 2.15 bits per heavy atom. The second-order valence-corrected chi connectivity index (χ2v) is 6.64. The number of rotatable bonds is 2. The number of fused-ring (bicyclic) bond motifs is 1. The molecular weight excluding hydrogens is 268 g/mol. The first kappa shape index (κ1) is 13.3. The van der Waals surface area contributed by atoms with E-state index in [4.69, 9.17) is 0 Å². The van der Waals surface area contributed by atoms with E-state index in [1.165, 1.54) is 22.7 Å². The maximum atomic E-state index is 12.4. The van der Waals surface area contributed by atoms with Crippen molar-refractivity contribution in [3.05, 3.63) is 52.0 Å². The number of nitrogens with one attached hydrogen (secondary N) is 1. The average Bonchev–Trinajstić information content (AvgIpc) is 2.93. The summed E-state index contributed by atoms with van der Waals surface area (Å²) < 4.78 is 4.17. The molecular formula is C16H18N2OS. The van der Waals surface area contributed by atoms with Crippen LogP contribution in [0.25, 0.3) is 0 Å². The van der Waals surface area contributed by atoms with Crippen molar-refractivity contribution in [1.82, 2.24) is 9.69 Å². The Balaban J connectivity index is 1.87. The van der Waals surface area contributed by atoms with E-state index in [2.05, 4.69) is 41.7 Å². The van der Waals surface area contributed by atoms with Crippen molar-refractivity contribution in [2.24, 2.45) is 0 Å². The van der Waals surface area contributed by atoms with Crippen molar-refractivity contribution in [2.75, 3.05) is 0 Å². The van der Waals surface area contributed by atoms with Crippen LogP contribution in [0.2, 0.25) is 0 Å². The zero-order valence-corrected chi connectivity index (χ0v) is 12.8. The Morgan fingerprint density at radius 1 is 1.40 bits per heavy atom. The maximum absolute atomic E-state index is 12.4. The topological polar surface area (TPSA) is 42.0 Å². The summed E-state index contributed by atoms with van der Waals surface area (Å²) in [7, 11) is 0. The molecule has 1 aliphatic rings. The van der Waals surface area contributed by atoms with Crippen molar-refractivity contribution in [2.45, 2.75) is 38.6 Å². The number of nitrogens with zero attached hydrogens (tertiary/aromatic N) is 1. The Hall–Kier alpha value is -1.68. The van der Waals surface area contributed by atoms with Gasteiger partial charge in [0.1, 0.15) is 0 Å². The van der Waals surface area contributed by atoms with Gasteiger partial charge >= 0.3 is 0 Å². The van der Waals surface area contributed by atoms with E-state index in [0.717, 1.165) is 12.1 Å². The van der Waals surface area contributed by atoms with Gasteiger partial charge in [0, 0.05) is 5.38 Å². The molecule has 1 amide bonds. The molecule has 0 radical (unpaired) electrons. The highest BCUT2D eigenvalue weighted by Gasteiger charge is 2.37. The second-order valence-electron chi connectivity index (χ2n) is 6.01. The van der Waals surface area contributed by atoms with E-state index in [9.17, 15) is 4.79 Å². The van der Waals surface area contributed by atoms with Crippen molar-refractivity contribution in [1.29, 1.82) is 0 Å². The molecule has 3 nitrogen and oxygen atoms in total. The van der Waals surface area contributed by atoms with Gasteiger partial charge in [-0.2, -0.15) is 4.37 Å². The predicted octanol–water partition coefficient (Wildman–Crippen LogP) is 3.60. The molecule has 104 valence electrons. The SMILES string of the molecule is Cc1nscc1C(=O)NC1CC(C)(C)c2ccccc21. The molecule has 0 spiro atoms. The molecule has 3 rings (SSSR count). The number of carbonyl (C=O) groups excluding carboxylic acids is 1. The fourth-order valence-electron chi connectivity index (χ4n) is 3.02. The summed E-state index contributed by atoms with van der Waals surface area (Å²) in [4.78, 5) is 12.4. The predicted molar refractivity (Wildman–Crippen MR) is 81.1 cm³/mol. The highest BCUT2D eigenvalue weighted by molar-refractivity contribution is 7.03. The van der Waals surface area contributed by atoms with Crippen molar-refractivity contribution in [3.8, 4) is 0 Å². The van der Waals surface area contributed by atoms with E-state index >= 15 is 0 Å². The first-order valence-electron chi connectivity index (χ1n) is 6.80. The lowest BCUT2D eigenvalue weighted by atomic mass is 9.86. The Morgan fingerprint density at radius 3 is 2.85 bits per heavy atom. The molecule has 0 fully saturated rings. The van der Waals surface area contributed by atoms with Gasteiger partial charge in [-0.1, -0.05) is 38.1 Å². The van der Waals surface area contributed by atoms with Gasteiger partial charge < -0.3 is 5.32 Å². The van der Waals surface area contributed by atoms with Gasteiger partial charge in [-0.25, -0.2) is 0 Å². The molecule has 0 aliphatic heterocycles. The summed E-state index contributed by atoms with van der Waals surface area (Å²) in [6, 6.07) is 8.48. The van der Waals surface area contributed by atoms with Crippen LogP contribution in [0.4, 0.5) is 0 Å². The first-order chi connectivity index (χ1) is 9.49. The van der Waals surface area contributed by atoms with Crippen molar-refractivity contribution < 1.29 is 4.79 Å². The molecule has 0 saturated carbocycles. The van der Waals surface area contributed by atoms with Gasteiger partial charge in [-0.3, -0.25) is 4.79 Å². The van der Waals surface area contributed by atoms with Gasteiger partial charge in [-0.15, -0.1) is 0 Å². The number of aryl methyl sites for hydroxylation is 1. The molecule has 20 heavy (non-hydrogen) atoms. The smallest absolute Gasteiger partial charge is 0.254 e. The molecule has 4 heteroatoms. The molecule has 1 unspecified atom stereocenters. The molecule has 1 aromatic carbocycles. The Kier molecular flexibility index (Phi) is 3.13. The lowest BCUT2D eigenvalue weighted by Gasteiger charge is -2.19. The lowest BCUT2D eigenvalue weighted by Crippen LogP contribution is -2.28. The summed E-state index contributed by atoms with van der Waals surface area (Å²) in [6.07, 6.45) is 0.939. The molecule has 0 bridgehead atoms. The number of hydrogen-bond acceptors (Lipinski definition) is 3. The number of carbonyl (C=O) groups is 1. The first-order valence-corrected chi connectivity index (χ1v) is 7.64. The van der Waals surface area contributed by atoms with E-state index < -0.39 is 0 Å². The second kappa shape index (κ2) is 4.70. The lowest BCUT2D eigenvalue weighted by molar-refractivity contribution is 0.0934. The zero-order valence-electron chi connectivity index (χ0n) is 11.9. The van der Waals surface area contributed by atoms with Gasteiger partial charge in [-0.05, 0) is 41.4 Å². The van der Waals surface area contributed by atoms with Crippen LogP contribution in [0, 0.1) is 6.92 Å². The highest BCUT2D eigenvalue weighted by atomic mass is 32.1. The minimum atomic E-state index is -0.0197. The van der Waals surface area contributed by atoms with Gasteiger partial charge in [0.15, 0.2) is 0 Å². The number of amides is 1. The van der Waals surface area contributed by atoms with E-state index in [1.807, 2.05) is 18.4 Å². The molecule has 1 heterocycles. The third kappa shape index (κ3) is 2.14. The number of hydrogen-bond donors (Lipinski definition) is 1. The molecule has 1 atom stereocenters. The molecule has 1 N–H and O–H groups in total. The largest absolute Gasteiger partial charge is 0.345 e. The summed E-state index contributed by atoms with van der Waals surface area (Å²) in [6.45, 7) is 6.34. The summed E-state index contributed by atoms with van der Waals surface area (Å²) >= 11 is 1.33. The molecule has 2 aromatic rings. The fourth-order valence-corrected chi connectivity index (χ4v) is 3.71. The van der Waals surface area contributed by atoms with Gasteiger partial charge in [0.2, 0.25) is 0 Å². The average molecular weight is 286 g/mol. The van der Waals surface area contributed by atoms with Crippen LogP contribution in [0.15, 0.2) is 29.6 Å². The summed E-state index contributed by atoms with van der Waals surface area (Å²) in [5.74, 6) is -0.0197. The van der Waals surface area contributed by atoms with Gasteiger partial charge in [0.25, 0.3) is 5.91 Å². The highest BCUT2D eigenvalue weighted by Crippen LogP contribution is 2.44. The van der Waals surface area contributed by atoms with E-state index in [0.29, 0.717) is 5.56 Å². The third-order valence-corrected chi connectivity index (χ3v) is 4.80. The van der Waals surface area contributed by atoms with E-state index in [1.54, 1.807) is 0 Å². The van der Waals surface area contributed by atoms with Crippen LogP contribution in [-0.4, -0.2) is 10.3 Å². The van der Waals surface area contributed by atoms with Crippen LogP contribution in [-0.2, 0) is 5.41 Å². The molecule has 0 saturated heterocycles. The number of benzene rings is 1. The van der Waals surface area contributed by atoms with Crippen molar-refractivity contribution in [3.63, 3.8) is 0 Å². The molecule has 1 aromatic heterocycles. The monoisotopic (exact) mass is 286 g/mol. The Bertz CT molecular complexity index is 660. The zero-order chi connectivity index (χ0) is 14.3. The normalized spacial score (nSPS) is 19.6. The Labute approximate surface area is 123 Å². The van der Waals surface area contributed by atoms with Gasteiger partial charge in [0.05, 0.1) is 17.3 Å². The van der Waals surface area contributed by atoms with Crippen LogP contribution in [0.3, 0.4) is 0 Å². The van der Waals surface area contributed by atoms with Crippen LogP contribution in [0.5, 0.6) is 0 Å². The minimum Gasteiger partial charge on any atom is -0.345 e. The van der Waals surface area contributed by atoms with Crippen LogP contribution >= 0.6 is 11.5 Å². The summed E-state index contributed by atoms with van der Waals surface area (Å²) in [5.41, 5.74) is 4.18. The van der Waals surface area contributed by atoms with Crippen molar-refractivity contribution >= 4 is 17.4 Å². The summed E-state index contributed by atoms with van der Waals surface area (Å²) in [5, 5.41) is 4.98. The maximum Gasteiger partial charge on any atom is 0.254 e. The molecule has 1 aliphatic carbocycles. The fraction of sp³-hybridized carbons (Fsp3) is 0.375. The quantitative estimate of drug-likeness (QED) is 0.916. The van der Waals surface area contributed by atoms with Crippen LogP contribution < -0.4 is 5.32 Å². The third-order valence-electron chi connectivity index (χ3n) is 4.08. The minimum absolute atomic E-state index is 0.0197. The van der Waals surface area contributed by atoms with E-state index in [-0.39, 0.29) is 17.4 Å². The number of aromatic nitrogens is 1. The van der Waals surface area contributed by atoms with Crippen LogP contribution in [0.1, 0.15) is 53.5 Å².